The average molecular weight is 154 g/mol. The molecule has 0 aliphatic heterocycles. The molecule has 3 N–H and O–H groups in total. The highest BCUT2D eigenvalue weighted by molar-refractivity contribution is 5.02. The third-order valence-corrected chi connectivity index (χ3v) is 1.35. The van der Waals surface area contributed by atoms with E-state index in [2.05, 4.69) is 16.5 Å². The number of H-pyrrole nitrogens is 1. The molecule has 0 bridgehead atoms. The fourth-order valence-electron chi connectivity index (χ4n) is 0.722. The molecule has 1 aromatic rings. The van der Waals surface area contributed by atoms with Gasteiger partial charge >= 0.3 is 0 Å². The Morgan fingerprint density at radius 2 is 2.55 bits per heavy atom. The lowest BCUT2D eigenvalue weighted by molar-refractivity contribution is 0.153. The number of imidazole rings is 1. The van der Waals surface area contributed by atoms with E-state index in [4.69, 9.17) is 10.2 Å². The first-order chi connectivity index (χ1) is 5.20. The highest BCUT2D eigenvalue weighted by atomic mass is 16.3. The van der Waals surface area contributed by atoms with E-state index >= 15 is 0 Å². The zero-order valence-electron chi connectivity index (χ0n) is 5.99. The molecule has 4 nitrogen and oxygen atoms in total. The number of nitrogens with zero attached hydrogens (tertiary/aromatic N) is 1. The van der Waals surface area contributed by atoms with Gasteiger partial charge in [0.1, 0.15) is 11.9 Å². The van der Waals surface area contributed by atoms with Crippen LogP contribution in [0.5, 0.6) is 0 Å². The number of aromatic nitrogens is 2. The van der Waals surface area contributed by atoms with Crippen LogP contribution in [0.3, 0.4) is 0 Å². The molecule has 0 spiro atoms. The molecule has 0 radical (unpaired) electrons. The summed E-state index contributed by atoms with van der Waals surface area (Å²) < 4.78 is 0. The average Bonchev–Trinajstić information content (AvgIpc) is 2.39. The lowest BCUT2D eigenvalue weighted by Gasteiger charge is -2.05. The molecular weight excluding hydrogens is 144 g/mol. The summed E-state index contributed by atoms with van der Waals surface area (Å²) in [6.45, 7) is 3.21. The summed E-state index contributed by atoms with van der Waals surface area (Å²) in [7, 11) is 0. The summed E-state index contributed by atoms with van der Waals surface area (Å²) >= 11 is 0. The van der Waals surface area contributed by atoms with Gasteiger partial charge in [0.15, 0.2) is 0 Å². The molecule has 4 heteroatoms. The molecule has 0 aliphatic carbocycles. The summed E-state index contributed by atoms with van der Waals surface area (Å²) in [5, 5.41) is 17.8. The maximum Gasteiger partial charge on any atom is 0.116 e. The standard InChI is InChI=1S/C7H10N2O2/c1-5(10)7(11)2-6-3-8-4-9-6/h3-4,7,10-11H,1-2H2,(H,8,9). The summed E-state index contributed by atoms with van der Waals surface area (Å²) in [5.74, 6) is -0.223. The number of rotatable bonds is 3. The number of nitrogens with one attached hydrogen (secondary N) is 1. The van der Waals surface area contributed by atoms with Gasteiger partial charge in [-0.3, -0.25) is 0 Å². The van der Waals surface area contributed by atoms with E-state index in [0.29, 0.717) is 6.42 Å². The van der Waals surface area contributed by atoms with Crippen molar-refractivity contribution in [3.63, 3.8) is 0 Å². The van der Waals surface area contributed by atoms with Crippen molar-refractivity contribution < 1.29 is 10.2 Å². The van der Waals surface area contributed by atoms with E-state index in [1.165, 1.54) is 6.33 Å². The first kappa shape index (κ1) is 7.81. The van der Waals surface area contributed by atoms with Crippen molar-refractivity contribution in [3.05, 3.63) is 30.6 Å². The van der Waals surface area contributed by atoms with Gasteiger partial charge in [-0.05, 0) is 0 Å². The van der Waals surface area contributed by atoms with Gasteiger partial charge in [-0.2, -0.15) is 0 Å². The largest absolute Gasteiger partial charge is 0.510 e. The second-order valence-electron chi connectivity index (χ2n) is 2.29. The van der Waals surface area contributed by atoms with Crippen LogP contribution in [0, 0.1) is 0 Å². The molecular formula is C7H10N2O2. The molecule has 60 valence electrons. The van der Waals surface area contributed by atoms with Crippen LogP contribution in [-0.2, 0) is 6.42 Å². The number of aromatic amines is 1. The van der Waals surface area contributed by atoms with Crippen molar-refractivity contribution in [1.82, 2.24) is 9.97 Å². The Morgan fingerprint density at radius 1 is 1.82 bits per heavy atom. The van der Waals surface area contributed by atoms with Gasteiger partial charge in [0.2, 0.25) is 0 Å². The van der Waals surface area contributed by atoms with Gasteiger partial charge in [0, 0.05) is 18.3 Å². The monoisotopic (exact) mass is 154 g/mol. The zero-order valence-corrected chi connectivity index (χ0v) is 5.99. The Morgan fingerprint density at radius 3 is 3.00 bits per heavy atom. The van der Waals surface area contributed by atoms with E-state index in [1.807, 2.05) is 0 Å². The minimum Gasteiger partial charge on any atom is -0.510 e. The van der Waals surface area contributed by atoms with Crippen LogP contribution < -0.4 is 0 Å². The lowest BCUT2D eigenvalue weighted by atomic mass is 10.2. The number of hydrogen-bond donors (Lipinski definition) is 3. The van der Waals surface area contributed by atoms with E-state index < -0.39 is 6.10 Å². The lowest BCUT2D eigenvalue weighted by Crippen LogP contribution is -2.12. The van der Waals surface area contributed by atoms with E-state index in [1.54, 1.807) is 6.20 Å². The molecule has 0 saturated carbocycles. The second kappa shape index (κ2) is 3.21. The Kier molecular flexibility index (Phi) is 2.28. The SMILES string of the molecule is C=C(O)C(O)Cc1cnc[nH]1. The molecule has 0 saturated heterocycles. The van der Waals surface area contributed by atoms with E-state index in [9.17, 15) is 0 Å². The fraction of sp³-hybridized carbons (Fsp3) is 0.286. The second-order valence-corrected chi connectivity index (χ2v) is 2.29. The Balaban J connectivity index is 2.50. The van der Waals surface area contributed by atoms with E-state index in [0.717, 1.165) is 5.69 Å². The van der Waals surface area contributed by atoms with Crippen LogP contribution in [0.1, 0.15) is 5.69 Å². The van der Waals surface area contributed by atoms with Crippen LogP contribution in [-0.4, -0.2) is 26.3 Å². The Labute approximate surface area is 64.2 Å². The zero-order chi connectivity index (χ0) is 8.27. The maximum atomic E-state index is 9.10. The molecule has 1 heterocycles. The molecule has 0 aromatic carbocycles. The van der Waals surface area contributed by atoms with Crippen molar-refractivity contribution >= 4 is 0 Å². The third kappa shape index (κ3) is 2.09. The Hall–Kier alpha value is -1.29. The molecule has 1 rings (SSSR count). The van der Waals surface area contributed by atoms with Crippen LogP contribution in [0.4, 0.5) is 0 Å². The summed E-state index contributed by atoms with van der Waals surface area (Å²) in [5.41, 5.74) is 0.771. The van der Waals surface area contributed by atoms with Gasteiger partial charge in [-0.15, -0.1) is 0 Å². The quantitative estimate of drug-likeness (QED) is 0.551. The van der Waals surface area contributed by atoms with Crippen molar-refractivity contribution in [2.45, 2.75) is 12.5 Å². The van der Waals surface area contributed by atoms with Crippen LogP contribution in [0.2, 0.25) is 0 Å². The first-order valence-corrected chi connectivity index (χ1v) is 3.23. The van der Waals surface area contributed by atoms with Gasteiger partial charge < -0.3 is 15.2 Å². The molecule has 11 heavy (non-hydrogen) atoms. The molecule has 1 atom stereocenters. The van der Waals surface area contributed by atoms with Crippen molar-refractivity contribution in [1.29, 1.82) is 0 Å². The van der Waals surface area contributed by atoms with Gasteiger partial charge in [0.25, 0.3) is 0 Å². The summed E-state index contributed by atoms with van der Waals surface area (Å²) in [4.78, 5) is 6.56. The molecule has 0 aliphatic rings. The minimum absolute atomic E-state index is 0.223. The summed E-state index contributed by atoms with van der Waals surface area (Å²) in [6, 6.07) is 0. The fourth-order valence-corrected chi connectivity index (χ4v) is 0.722. The van der Waals surface area contributed by atoms with E-state index in [-0.39, 0.29) is 5.76 Å². The maximum absolute atomic E-state index is 9.10. The molecule has 0 amide bonds. The van der Waals surface area contributed by atoms with Crippen molar-refractivity contribution in [3.8, 4) is 0 Å². The van der Waals surface area contributed by atoms with Gasteiger partial charge in [-0.25, -0.2) is 4.98 Å². The summed E-state index contributed by atoms with van der Waals surface area (Å²) in [6.07, 6.45) is 2.51. The highest BCUT2D eigenvalue weighted by Crippen LogP contribution is 2.02. The van der Waals surface area contributed by atoms with Gasteiger partial charge in [-0.1, -0.05) is 6.58 Å². The van der Waals surface area contributed by atoms with Crippen LogP contribution in [0.15, 0.2) is 24.9 Å². The highest BCUT2D eigenvalue weighted by Gasteiger charge is 2.08. The third-order valence-electron chi connectivity index (χ3n) is 1.35. The topological polar surface area (TPSA) is 69.1 Å². The minimum atomic E-state index is -0.907. The van der Waals surface area contributed by atoms with Crippen LogP contribution in [0.25, 0.3) is 0 Å². The normalized spacial score (nSPS) is 12.8. The molecule has 1 unspecified atom stereocenters. The number of hydrogen-bond acceptors (Lipinski definition) is 3. The van der Waals surface area contributed by atoms with Crippen molar-refractivity contribution in [2.75, 3.05) is 0 Å². The smallest absolute Gasteiger partial charge is 0.116 e. The van der Waals surface area contributed by atoms with Gasteiger partial charge in [0.05, 0.1) is 6.33 Å². The first-order valence-electron chi connectivity index (χ1n) is 3.23. The number of aliphatic hydroxyl groups is 2. The van der Waals surface area contributed by atoms with Crippen molar-refractivity contribution in [2.24, 2.45) is 0 Å². The van der Waals surface area contributed by atoms with Crippen LogP contribution >= 0.6 is 0 Å². The molecule has 0 fully saturated rings. The Bertz CT molecular complexity index is 231. The predicted molar refractivity (Wildman–Crippen MR) is 40.1 cm³/mol. The number of aliphatic hydroxyl groups excluding tert-OH is 2. The predicted octanol–water partition coefficient (Wildman–Crippen LogP) is 0.385. The molecule has 1 aromatic heterocycles.